The van der Waals surface area contributed by atoms with Crippen molar-refractivity contribution in [2.75, 3.05) is 20.5 Å². The number of aryl methyl sites for hydroxylation is 1. The fourth-order valence-corrected chi connectivity index (χ4v) is 9.97. The highest BCUT2D eigenvalue weighted by Gasteiger charge is 2.50. The van der Waals surface area contributed by atoms with Gasteiger partial charge in [-0.3, -0.25) is 0 Å². The summed E-state index contributed by atoms with van der Waals surface area (Å²) in [5.41, 5.74) is 1.95. The van der Waals surface area contributed by atoms with Crippen LogP contribution >= 0.6 is 0 Å². The largest absolute Gasteiger partial charge is 0.487 e. The molecule has 1 aliphatic rings. The minimum atomic E-state index is -2.56. The smallest absolute Gasteiger partial charge is 0.261 e. The summed E-state index contributed by atoms with van der Waals surface area (Å²) in [5.74, 6) is 1.78. The molecule has 0 aromatic heterocycles. The maximum absolute atomic E-state index is 7.14. The molecule has 36 heavy (non-hydrogen) atoms. The third-order valence-corrected chi connectivity index (χ3v) is 12.3. The molecular weight excluding hydrogens is 464 g/mol. The molecule has 0 spiro atoms. The van der Waals surface area contributed by atoms with E-state index in [9.17, 15) is 0 Å². The predicted octanol–water partition coefficient (Wildman–Crippen LogP) is 6.03. The highest BCUT2D eigenvalue weighted by atomic mass is 28.4. The molecule has 0 radical (unpaired) electrons. The van der Waals surface area contributed by atoms with Crippen molar-refractivity contribution in [3.63, 3.8) is 0 Å². The molecule has 192 valence electrons. The van der Waals surface area contributed by atoms with E-state index in [4.69, 9.17) is 18.6 Å². The van der Waals surface area contributed by atoms with E-state index in [0.29, 0.717) is 6.61 Å². The standard InChI is InChI=1S/C31H40O4Si/c1-24-21-28(33-23-32-6)27-17-18-31(5,35-29(27)22-24)19-20-34-36(30(2,3)4,25-13-9-7-10-14-25)26-15-11-8-12-16-26/h7-16,21-22H,17-20,23H2,1-6H3/t31-/m1/s1. The molecule has 0 saturated carbocycles. The van der Waals surface area contributed by atoms with Crippen LogP contribution in [0.4, 0.5) is 0 Å². The van der Waals surface area contributed by atoms with Crippen LogP contribution in [-0.2, 0) is 15.6 Å². The molecular formula is C31H40O4Si. The molecule has 0 fully saturated rings. The zero-order valence-electron chi connectivity index (χ0n) is 22.6. The molecule has 4 rings (SSSR count). The summed E-state index contributed by atoms with van der Waals surface area (Å²) in [7, 11) is -0.920. The van der Waals surface area contributed by atoms with Crippen LogP contribution in [0.1, 0.15) is 51.7 Å². The lowest BCUT2D eigenvalue weighted by Gasteiger charge is -2.44. The molecule has 5 heteroatoms. The average Bonchev–Trinajstić information content (AvgIpc) is 2.85. The van der Waals surface area contributed by atoms with Crippen LogP contribution in [0, 0.1) is 6.92 Å². The van der Waals surface area contributed by atoms with E-state index in [1.807, 2.05) is 0 Å². The Bertz CT molecular complexity index is 1100. The molecule has 0 amide bonds. The average molecular weight is 505 g/mol. The van der Waals surface area contributed by atoms with Crippen molar-refractivity contribution in [1.29, 1.82) is 0 Å². The summed E-state index contributed by atoms with van der Waals surface area (Å²) < 4.78 is 24.8. The molecule has 1 atom stereocenters. The van der Waals surface area contributed by atoms with Gasteiger partial charge in [0.2, 0.25) is 0 Å². The van der Waals surface area contributed by atoms with Crippen molar-refractivity contribution >= 4 is 18.7 Å². The van der Waals surface area contributed by atoms with Crippen molar-refractivity contribution in [1.82, 2.24) is 0 Å². The molecule has 4 nitrogen and oxygen atoms in total. The van der Waals surface area contributed by atoms with E-state index >= 15 is 0 Å². The lowest BCUT2D eigenvalue weighted by atomic mass is 9.89. The van der Waals surface area contributed by atoms with Gasteiger partial charge in [-0.05, 0) is 59.8 Å². The number of hydrogen-bond donors (Lipinski definition) is 0. The van der Waals surface area contributed by atoms with Gasteiger partial charge in [0.15, 0.2) is 6.79 Å². The topological polar surface area (TPSA) is 36.9 Å². The first-order chi connectivity index (χ1) is 17.2. The van der Waals surface area contributed by atoms with Crippen LogP contribution < -0.4 is 19.8 Å². The van der Waals surface area contributed by atoms with Gasteiger partial charge in [0.05, 0.1) is 0 Å². The normalized spacial score (nSPS) is 17.8. The number of methoxy groups -OCH3 is 1. The Morgan fingerprint density at radius 2 is 1.56 bits per heavy atom. The Morgan fingerprint density at radius 1 is 0.944 bits per heavy atom. The van der Waals surface area contributed by atoms with Gasteiger partial charge in [-0.1, -0.05) is 81.4 Å². The van der Waals surface area contributed by atoms with E-state index in [2.05, 4.69) is 107 Å². The summed E-state index contributed by atoms with van der Waals surface area (Å²) in [4.78, 5) is 0. The Kier molecular flexibility index (Phi) is 7.93. The third kappa shape index (κ3) is 5.39. The van der Waals surface area contributed by atoms with Gasteiger partial charge in [0, 0.05) is 25.7 Å². The second-order valence-electron chi connectivity index (χ2n) is 11.1. The third-order valence-electron chi connectivity index (χ3n) is 7.27. The maximum Gasteiger partial charge on any atom is 0.261 e. The molecule has 0 aliphatic carbocycles. The highest BCUT2D eigenvalue weighted by Crippen LogP contribution is 2.42. The second kappa shape index (κ2) is 10.8. The van der Waals surface area contributed by atoms with Crippen LogP contribution in [-0.4, -0.2) is 34.4 Å². The Hall–Kier alpha value is -2.60. The molecule has 1 aliphatic heterocycles. The molecule has 0 saturated heterocycles. The van der Waals surface area contributed by atoms with Crippen LogP contribution in [0.3, 0.4) is 0 Å². The fourth-order valence-electron chi connectivity index (χ4n) is 5.40. The van der Waals surface area contributed by atoms with Crippen molar-refractivity contribution in [3.05, 3.63) is 83.9 Å². The monoisotopic (exact) mass is 504 g/mol. The summed E-state index contributed by atoms with van der Waals surface area (Å²) in [6.45, 7) is 12.1. The number of benzene rings is 3. The molecule has 0 unspecified atom stereocenters. The molecule has 3 aromatic carbocycles. The van der Waals surface area contributed by atoms with Gasteiger partial charge in [-0.15, -0.1) is 0 Å². The SMILES string of the molecule is COCOc1cc(C)cc2c1CC[C@](C)(CCO[Si](c1ccccc1)(c1ccccc1)C(C)(C)C)O2. The van der Waals surface area contributed by atoms with E-state index in [1.54, 1.807) is 7.11 Å². The Labute approximate surface area is 217 Å². The number of ether oxygens (including phenoxy) is 3. The van der Waals surface area contributed by atoms with E-state index in [0.717, 1.165) is 41.9 Å². The van der Waals surface area contributed by atoms with E-state index < -0.39 is 8.32 Å². The van der Waals surface area contributed by atoms with Crippen molar-refractivity contribution in [2.24, 2.45) is 0 Å². The lowest BCUT2D eigenvalue weighted by molar-refractivity contribution is 0.0335. The highest BCUT2D eigenvalue weighted by molar-refractivity contribution is 6.99. The summed E-state index contributed by atoms with van der Waals surface area (Å²) in [5, 5.41) is 2.57. The number of rotatable bonds is 9. The van der Waals surface area contributed by atoms with E-state index in [-0.39, 0.29) is 17.4 Å². The number of fused-ring (bicyclic) bond motifs is 1. The zero-order chi connectivity index (χ0) is 25.8. The van der Waals surface area contributed by atoms with Gasteiger partial charge in [-0.2, -0.15) is 0 Å². The van der Waals surface area contributed by atoms with Crippen molar-refractivity contribution in [2.45, 2.75) is 64.5 Å². The van der Waals surface area contributed by atoms with Crippen LogP contribution in [0.2, 0.25) is 5.04 Å². The van der Waals surface area contributed by atoms with Gasteiger partial charge in [-0.25, -0.2) is 0 Å². The van der Waals surface area contributed by atoms with Crippen molar-refractivity contribution in [3.8, 4) is 11.5 Å². The van der Waals surface area contributed by atoms with Gasteiger partial charge < -0.3 is 18.6 Å². The van der Waals surface area contributed by atoms with Crippen molar-refractivity contribution < 1.29 is 18.6 Å². The molecule has 1 heterocycles. The van der Waals surface area contributed by atoms with Gasteiger partial charge in [0.25, 0.3) is 8.32 Å². The molecule has 3 aromatic rings. The first kappa shape index (κ1) is 26.5. The number of hydrogen-bond acceptors (Lipinski definition) is 4. The van der Waals surface area contributed by atoms with Crippen LogP contribution in [0.5, 0.6) is 11.5 Å². The summed E-state index contributed by atoms with van der Waals surface area (Å²) in [6, 6.07) is 25.8. The Balaban J connectivity index is 1.59. The quantitative estimate of drug-likeness (QED) is 0.263. The second-order valence-corrected chi connectivity index (χ2v) is 15.4. The first-order valence-electron chi connectivity index (χ1n) is 12.9. The minimum absolute atomic E-state index is 0.0403. The maximum atomic E-state index is 7.14. The van der Waals surface area contributed by atoms with Crippen LogP contribution in [0.25, 0.3) is 0 Å². The summed E-state index contributed by atoms with van der Waals surface area (Å²) in [6.07, 6.45) is 2.64. The Morgan fingerprint density at radius 3 is 2.11 bits per heavy atom. The predicted molar refractivity (Wildman–Crippen MR) is 149 cm³/mol. The van der Waals surface area contributed by atoms with E-state index in [1.165, 1.54) is 10.4 Å². The first-order valence-corrected chi connectivity index (χ1v) is 14.8. The minimum Gasteiger partial charge on any atom is -0.487 e. The zero-order valence-corrected chi connectivity index (χ0v) is 23.6. The van der Waals surface area contributed by atoms with Crippen LogP contribution in [0.15, 0.2) is 72.8 Å². The van der Waals surface area contributed by atoms with Gasteiger partial charge in [0.1, 0.15) is 17.1 Å². The molecule has 0 N–H and O–H groups in total. The molecule has 0 bridgehead atoms. The fraction of sp³-hybridized carbons (Fsp3) is 0.419. The van der Waals surface area contributed by atoms with Gasteiger partial charge >= 0.3 is 0 Å². The summed E-state index contributed by atoms with van der Waals surface area (Å²) >= 11 is 0. The lowest BCUT2D eigenvalue weighted by Crippen LogP contribution is -2.66.